The quantitative estimate of drug-likeness (QED) is 0.285. The standard InChI is InChI=1S/C29H35F5N8O2/c1-16(29(32,33)34)12-22(43)39-23(18-4-5-18)20-8-11-41-14-21(38-27(41)37-20)24(19-6-9-28(30,31)10-7-19)40-26(44)25-35-15-36-42(25)13-17-2-3-17/h8,11,14-19,23-24H,2-7,9-10,12-13H2,1H3,(H,39,43)(H,40,44)/t16-,23?,24-/m0/s1. The Morgan fingerprint density at radius 1 is 1.00 bits per heavy atom. The topological polar surface area (TPSA) is 119 Å². The van der Waals surface area contributed by atoms with E-state index in [2.05, 4.69) is 30.7 Å². The number of aromatic nitrogens is 6. The van der Waals surface area contributed by atoms with Gasteiger partial charge >= 0.3 is 6.18 Å². The average Bonchev–Trinajstić information content (AvgIpc) is 3.88. The fourth-order valence-electron chi connectivity index (χ4n) is 5.87. The van der Waals surface area contributed by atoms with Crippen molar-refractivity contribution in [3.8, 4) is 0 Å². The van der Waals surface area contributed by atoms with Crippen LogP contribution in [0.3, 0.4) is 0 Å². The summed E-state index contributed by atoms with van der Waals surface area (Å²) in [4.78, 5) is 39.4. The molecule has 3 aliphatic carbocycles. The van der Waals surface area contributed by atoms with Crippen molar-refractivity contribution in [2.24, 2.45) is 23.7 Å². The first kappa shape index (κ1) is 30.4. The van der Waals surface area contributed by atoms with Gasteiger partial charge in [0.25, 0.3) is 5.91 Å². The first-order chi connectivity index (χ1) is 20.9. The molecule has 0 aliphatic heterocycles. The number of rotatable bonds is 11. The molecule has 3 aromatic heterocycles. The number of hydrogen-bond acceptors (Lipinski definition) is 6. The number of imidazole rings is 1. The largest absolute Gasteiger partial charge is 0.392 e. The van der Waals surface area contributed by atoms with Gasteiger partial charge in [0.05, 0.1) is 29.4 Å². The molecule has 1 unspecified atom stereocenters. The van der Waals surface area contributed by atoms with Crippen LogP contribution in [0.15, 0.2) is 24.8 Å². The number of hydrogen-bond donors (Lipinski definition) is 2. The lowest BCUT2D eigenvalue weighted by molar-refractivity contribution is -0.174. The molecule has 15 heteroatoms. The van der Waals surface area contributed by atoms with Crippen LogP contribution in [0.4, 0.5) is 22.0 Å². The molecule has 6 rings (SSSR count). The van der Waals surface area contributed by atoms with E-state index in [4.69, 9.17) is 0 Å². The van der Waals surface area contributed by atoms with Gasteiger partial charge in [0, 0.05) is 38.2 Å². The van der Waals surface area contributed by atoms with Crippen LogP contribution in [0.2, 0.25) is 0 Å². The van der Waals surface area contributed by atoms with Gasteiger partial charge in [0.1, 0.15) is 6.33 Å². The number of halogens is 5. The second kappa shape index (κ2) is 11.7. The Labute approximate surface area is 250 Å². The van der Waals surface area contributed by atoms with Gasteiger partial charge in [-0.2, -0.15) is 18.3 Å². The Bertz CT molecular complexity index is 1500. The predicted octanol–water partition coefficient (Wildman–Crippen LogP) is 5.18. The second-order valence-corrected chi connectivity index (χ2v) is 12.6. The Morgan fingerprint density at radius 2 is 1.66 bits per heavy atom. The molecule has 0 spiro atoms. The van der Waals surface area contributed by atoms with Crippen LogP contribution in [0, 0.1) is 23.7 Å². The summed E-state index contributed by atoms with van der Waals surface area (Å²) in [6.07, 6.45) is 3.06. The minimum Gasteiger partial charge on any atom is -0.347 e. The zero-order valence-electron chi connectivity index (χ0n) is 24.2. The van der Waals surface area contributed by atoms with Crippen LogP contribution < -0.4 is 10.6 Å². The number of alkyl halides is 5. The Kier molecular flexibility index (Phi) is 8.07. The van der Waals surface area contributed by atoms with Crippen LogP contribution in [0.25, 0.3) is 5.78 Å². The first-order valence-corrected chi connectivity index (χ1v) is 15.1. The van der Waals surface area contributed by atoms with Gasteiger partial charge in [-0.1, -0.05) is 6.92 Å². The predicted molar refractivity (Wildman–Crippen MR) is 146 cm³/mol. The van der Waals surface area contributed by atoms with Crippen LogP contribution in [-0.2, 0) is 11.3 Å². The first-order valence-electron chi connectivity index (χ1n) is 15.1. The highest BCUT2D eigenvalue weighted by Gasteiger charge is 2.41. The number of nitrogens with zero attached hydrogens (tertiary/aromatic N) is 6. The maximum absolute atomic E-state index is 14.1. The van der Waals surface area contributed by atoms with Crippen molar-refractivity contribution in [2.45, 2.75) is 95.4 Å². The third-order valence-corrected chi connectivity index (χ3v) is 8.93. The molecular formula is C29H35F5N8O2. The number of fused-ring (bicyclic) bond motifs is 1. The highest BCUT2D eigenvalue weighted by molar-refractivity contribution is 5.90. The van der Waals surface area contributed by atoms with Crippen LogP contribution in [-0.4, -0.2) is 53.0 Å². The highest BCUT2D eigenvalue weighted by Crippen LogP contribution is 2.43. The van der Waals surface area contributed by atoms with E-state index >= 15 is 0 Å². The Balaban J connectivity index is 1.24. The van der Waals surface area contributed by atoms with Crippen LogP contribution >= 0.6 is 0 Å². The van der Waals surface area contributed by atoms with Crippen molar-refractivity contribution in [1.29, 1.82) is 0 Å². The van der Waals surface area contributed by atoms with Crippen LogP contribution in [0.5, 0.6) is 0 Å². The van der Waals surface area contributed by atoms with Gasteiger partial charge in [0.2, 0.25) is 23.4 Å². The third kappa shape index (κ3) is 7.01. The van der Waals surface area contributed by atoms with E-state index in [9.17, 15) is 31.5 Å². The number of amides is 2. The average molecular weight is 623 g/mol. The molecule has 3 saturated carbocycles. The van der Waals surface area contributed by atoms with Gasteiger partial charge in [0.15, 0.2) is 0 Å². The summed E-state index contributed by atoms with van der Waals surface area (Å²) in [7, 11) is 0. The molecule has 44 heavy (non-hydrogen) atoms. The van der Waals surface area contributed by atoms with Crippen LogP contribution in [0.1, 0.15) is 98.8 Å². The summed E-state index contributed by atoms with van der Waals surface area (Å²) in [5, 5.41) is 9.91. The summed E-state index contributed by atoms with van der Waals surface area (Å²) >= 11 is 0. The Morgan fingerprint density at radius 3 is 2.32 bits per heavy atom. The number of nitrogens with one attached hydrogen (secondary N) is 2. The van der Waals surface area contributed by atoms with Gasteiger partial charge in [-0.3, -0.25) is 14.0 Å². The van der Waals surface area contributed by atoms with Crippen molar-refractivity contribution in [3.05, 3.63) is 42.0 Å². The van der Waals surface area contributed by atoms with Crippen molar-refractivity contribution in [3.63, 3.8) is 0 Å². The fourth-order valence-corrected chi connectivity index (χ4v) is 5.87. The molecular weight excluding hydrogens is 587 g/mol. The normalized spacial score (nSPS) is 21.1. The zero-order chi connectivity index (χ0) is 31.2. The molecule has 0 radical (unpaired) electrons. The fraction of sp³-hybridized carbons (Fsp3) is 0.655. The minimum atomic E-state index is -4.47. The summed E-state index contributed by atoms with van der Waals surface area (Å²) in [6.45, 7) is 1.56. The summed E-state index contributed by atoms with van der Waals surface area (Å²) in [6, 6.07) is 0.420. The van der Waals surface area contributed by atoms with E-state index in [0.717, 1.165) is 32.6 Å². The molecule has 0 saturated heterocycles. The maximum atomic E-state index is 14.1. The maximum Gasteiger partial charge on any atom is 0.392 e. The number of carbonyl (C=O) groups excluding carboxylic acids is 2. The van der Waals surface area contributed by atoms with E-state index < -0.39 is 48.3 Å². The van der Waals surface area contributed by atoms with Crippen molar-refractivity contribution < 1.29 is 31.5 Å². The molecule has 3 aromatic rings. The number of carbonyl (C=O) groups is 2. The molecule has 3 atom stereocenters. The van der Waals surface area contributed by atoms with E-state index in [1.165, 1.54) is 6.33 Å². The summed E-state index contributed by atoms with van der Waals surface area (Å²) < 4.78 is 70.4. The SMILES string of the molecule is C[C@@H](CC(=O)NC(c1ccn2cc([C@@H](NC(=O)c3ncnn3CC3CC3)C3CCC(F)(F)CC3)nc2n1)C1CC1)C(F)(F)F. The van der Waals surface area contributed by atoms with Gasteiger partial charge in [-0.05, 0) is 62.3 Å². The molecule has 3 aliphatic rings. The Hall–Kier alpha value is -3.65. The molecule has 3 fully saturated rings. The molecule has 10 nitrogen and oxygen atoms in total. The van der Waals surface area contributed by atoms with Crippen molar-refractivity contribution in [1.82, 2.24) is 39.8 Å². The molecule has 3 heterocycles. The second-order valence-electron chi connectivity index (χ2n) is 12.6. The lowest BCUT2D eigenvalue weighted by atomic mass is 9.81. The molecule has 0 bridgehead atoms. The lowest BCUT2D eigenvalue weighted by Gasteiger charge is -2.33. The van der Waals surface area contributed by atoms with E-state index in [1.54, 1.807) is 27.5 Å². The molecule has 238 valence electrons. The van der Waals surface area contributed by atoms with Gasteiger partial charge in [-0.25, -0.2) is 28.4 Å². The van der Waals surface area contributed by atoms with E-state index in [0.29, 0.717) is 23.9 Å². The smallest absolute Gasteiger partial charge is 0.347 e. The van der Waals surface area contributed by atoms with Gasteiger partial charge < -0.3 is 10.6 Å². The molecule has 0 aromatic carbocycles. The van der Waals surface area contributed by atoms with E-state index in [-0.39, 0.29) is 49.1 Å². The summed E-state index contributed by atoms with van der Waals surface area (Å²) in [5.41, 5.74) is 0.911. The minimum absolute atomic E-state index is 0.0495. The highest BCUT2D eigenvalue weighted by atomic mass is 19.4. The summed E-state index contributed by atoms with van der Waals surface area (Å²) in [5.74, 6) is -5.11. The lowest BCUT2D eigenvalue weighted by Crippen LogP contribution is -2.38. The van der Waals surface area contributed by atoms with Gasteiger partial charge in [-0.15, -0.1) is 0 Å². The monoisotopic (exact) mass is 622 g/mol. The molecule has 2 N–H and O–H groups in total. The van der Waals surface area contributed by atoms with E-state index in [1.807, 2.05) is 0 Å². The zero-order valence-corrected chi connectivity index (χ0v) is 24.2. The molecule has 2 amide bonds. The van der Waals surface area contributed by atoms with Crippen molar-refractivity contribution >= 4 is 17.6 Å². The third-order valence-electron chi connectivity index (χ3n) is 8.93. The van der Waals surface area contributed by atoms with Crippen molar-refractivity contribution in [2.75, 3.05) is 0 Å².